The Balaban J connectivity index is 1.51. The number of hydrogen-bond donors (Lipinski definition) is 2. The summed E-state index contributed by atoms with van der Waals surface area (Å²) in [5, 5.41) is 17.1. The molecule has 8 nitrogen and oxygen atoms in total. The Hall–Kier alpha value is -2.45. The second kappa shape index (κ2) is 8.28. The van der Waals surface area contributed by atoms with Gasteiger partial charge in [-0.3, -0.25) is 19.6 Å². The highest BCUT2D eigenvalue weighted by molar-refractivity contribution is 6.04. The molecule has 2 saturated heterocycles. The fourth-order valence-electron chi connectivity index (χ4n) is 4.46. The molecule has 2 fully saturated rings. The van der Waals surface area contributed by atoms with Gasteiger partial charge in [-0.1, -0.05) is 18.2 Å². The Morgan fingerprint density at radius 1 is 1.21 bits per heavy atom. The minimum Gasteiger partial charge on any atom is -0.481 e. The molecule has 2 aliphatic rings. The van der Waals surface area contributed by atoms with Crippen LogP contribution in [0.5, 0.6) is 0 Å². The van der Waals surface area contributed by atoms with Crippen LogP contribution in [0.4, 0.5) is 0 Å². The third kappa shape index (κ3) is 3.88. The summed E-state index contributed by atoms with van der Waals surface area (Å²) in [7, 11) is 0. The lowest BCUT2D eigenvalue weighted by atomic mass is 9.86. The highest BCUT2D eigenvalue weighted by Gasteiger charge is 2.36. The molecule has 2 aromatic rings. The van der Waals surface area contributed by atoms with Crippen LogP contribution in [0.1, 0.15) is 29.8 Å². The summed E-state index contributed by atoms with van der Waals surface area (Å²) >= 11 is 0. The number of para-hydroxylation sites is 1. The van der Waals surface area contributed by atoms with Crippen LogP contribution in [0.2, 0.25) is 0 Å². The van der Waals surface area contributed by atoms with E-state index in [1.54, 1.807) is 0 Å². The zero-order valence-corrected chi connectivity index (χ0v) is 15.8. The number of ether oxygens (including phenoxy) is 1. The van der Waals surface area contributed by atoms with Crippen LogP contribution in [0, 0.1) is 5.92 Å². The zero-order valence-electron chi connectivity index (χ0n) is 15.8. The molecule has 0 spiro atoms. The number of carboxylic acid groups (broad SMARTS) is 1. The lowest BCUT2D eigenvalue weighted by Crippen LogP contribution is -2.55. The van der Waals surface area contributed by atoms with Gasteiger partial charge in [0.15, 0.2) is 5.69 Å². The molecule has 4 rings (SSSR count). The van der Waals surface area contributed by atoms with Crippen LogP contribution >= 0.6 is 0 Å². The van der Waals surface area contributed by atoms with Gasteiger partial charge in [-0.15, -0.1) is 0 Å². The third-order valence-corrected chi connectivity index (χ3v) is 5.90. The molecule has 1 aromatic heterocycles. The fraction of sp³-hybridized carbons (Fsp3) is 0.550. The minimum atomic E-state index is -0.789. The lowest BCUT2D eigenvalue weighted by molar-refractivity contribution is -0.137. The Labute approximate surface area is 163 Å². The van der Waals surface area contributed by atoms with Crippen molar-refractivity contribution in [1.29, 1.82) is 0 Å². The number of aliphatic carboxylic acids is 1. The number of hydrogen-bond acceptors (Lipinski definition) is 5. The second-order valence-corrected chi connectivity index (χ2v) is 7.57. The maximum atomic E-state index is 13.1. The van der Waals surface area contributed by atoms with Gasteiger partial charge in [0.2, 0.25) is 0 Å². The van der Waals surface area contributed by atoms with Crippen LogP contribution in [0.3, 0.4) is 0 Å². The van der Waals surface area contributed by atoms with E-state index in [1.807, 2.05) is 29.2 Å². The van der Waals surface area contributed by atoms with Crippen molar-refractivity contribution in [3.8, 4) is 0 Å². The van der Waals surface area contributed by atoms with Gasteiger partial charge in [0.25, 0.3) is 5.91 Å². The monoisotopic (exact) mass is 386 g/mol. The fourth-order valence-corrected chi connectivity index (χ4v) is 4.46. The Kier molecular flexibility index (Phi) is 5.59. The van der Waals surface area contributed by atoms with Gasteiger partial charge < -0.3 is 14.7 Å². The van der Waals surface area contributed by atoms with Crippen LogP contribution in [0.25, 0.3) is 10.9 Å². The van der Waals surface area contributed by atoms with E-state index < -0.39 is 5.97 Å². The van der Waals surface area contributed by atoms with E-state index in [2.05, 4.69) is 15.1 Å². The van der Waals surface area contributed by atoms with Crippen molar-refractivity contribution in [3.05, 3.63) is 30.0 Å². The second-order valence-electron chi connectivity index (χ2n) is 7.57. The SMILES string of the molecule is O=C(O)CC[C@@H]1CN(C(=O)c2n[nH]c3ccccc23)CC[C@@H]1N1CCOCC1. The number of carbonyl (C=O) groups excluding carboxylic acids is 1. The predicted molar refractivity (Wildman–Crippen MR) is 103 cm³/mol. The molecule has 2 atom stereocenters. The molecule has 2 aliphatic heterocycles. The Morgan fingerprint density at radius 3 is 2.79 bits per heavy atom. The molecule has 0 bridgehead atoms. The van der Waals surface area contributed by atoms with Gasteiger partial charge in [0.05, 0.1) is 18.7 Å². The number of carbonyl (C=O) groups is 2. The van der Waals surface area contributed by atoms with Gasteiger partial charge >= 0.3 is 5.97 Å². The molecule has 28 heavy (non-hydrogen) atoms. The van der Waals surface area contributed by atoms with Crippen LogP contribution in [-0.2, 0) is 9.53 Å². The number of nitrogens with one attached hydrogen (secondary N) is 1. The van der Waals surface area contributed by atoms with E-state index >= 15 is 0 Å². The van der Waals surface area contributed by atoms with E-state index in [1.165, 1.54) is 0 Å². The van der Waals surface area contributed by atoms with E-state index in [4.69, 9.17) is 9.84 Å². The first-order valence-electron chi connectivity index (χ1n) is 9.89. The molecule has 8 heteroatoms. The predicted octanol–water partition coefficient (Wildman–Crippen LogP) is 1.59. The smallest absolute Gasteiger partial charge is 0.303 e. The zero-order chi connectivity index (χ0) is 19.5. The molecule has 0 aliphatic carbocycles. The summed E-state index contributed by atoms with van der Waals surface area (Å²) in [5.41, 5.74) is 1.29. The number of carboxylic acids is 1. The number of H-pyrrole nitrogens is 1. The lowest BCUT2D eigenvalue weighted by Gasteiger charge is -2.45. The molecular weight excluding hydrogens is 360 g/mol. The van der Waals surface area contributed by atoms with E-state index in [-0.39, 0.29) is 18.2 Å². The van der Waals surface area contributed by atoms with Gasteiger partial charge in [0.1, 0.15) is 0 Å². The maximum absolute atomic E-state index is 13.1. The molecule has 0 radical (unpaired) electrons. The number of rotatable bonds is 5. The first-order chi connectivity index (χ1) is 13.6. The highest BCUT2D eigenvalue weighted by atomic mass is 16.5. The van der Waals surface area contributed by atoms with Crippen molar-refractivity contribution in [2.45, 2.75) is 25.3 Å². The van der Waals surface area contributed by atoms with E-state index in [0.29, 0.717) is 44.5 Å². The van der Waals surface area contributed by atoms with Crippen molar-refractivity contribution in [1.82, 2.24) is 20.0 Å². The normalized spacial score (nSPS) is 23.8. The number of nitrogens with zero attached hydrogens (tertiary/aromatic N) is 3. The number of fused-ring (bicyclic) bond motifs is 1. The van der Waals surface area contributed by atoms with Crippen LogP contribution in [0.15, 0.2) is 24.3 Å². The molecule has 3 heterocycles. The number of benzene rings is 1. The summed E-state index contributed by atoms with van der Waals surface area (Å²) in [6.45, 7) is 4.38. The summed E-state index contributed by atoms with van der Waals surface area (Å²) in [5.74, 6) is -0.738. The number of aromatic nitrogens is 2. The summed E-state index contributed by atoms with van der Waals surface area (Å²) < 4.78 is 5.46. The molecule has 1 amide bonds. The Morgan fingerprint density at radius 2 is 2.00 bits per heavy atom. The van der Waals surface area contributed by atoms with Gasteiger partial charge in [-0.2, -0.15) is 5.10 Å². The van der Waals surface area contributed by atoms with E-state index in [0.717, 1.165) is 30.4 Å². The summed E-state index contributed by atoms with van der Waals surface area (Å²) in [6.07, 6.45) is 1.54. The molecule has 1 aromatic carbocycles. The average molecular weight is 386 g/mol. The van der Waals surface area contributed by atoms with Gasteiger partial charge in [0, 0.05) is 44.0 Å². The molecule has 0 saturated carbocycles. The van der Waals surface area contributed by atoms with Gasteiger partial charge in [-0.05, 0) is 24.8 Å². The number of aromatic amines is 1. The van der Waals surface area contributed by atoms with Crippen LogP contribution < -0.4 is 0 Å². The number of amides is 1. The van der Waals surface area contributed by atoms with Crippen LogP contribution in [-0.4, -0.2) is 82.4 Å². The molecular formula is C20H26N4O4. The van der Waals surface area contributed by atoms with E-state index in [9.17, 15) is 9.59 Å². The third-order valence-electron chi connectivity index (χ3n) is 5.90. The standard InChI is InChI=1S/C20H26N4O4/c25-18(26)6-5-14-13-24(8-7-17(14)23-9-11-28-12-10-23)20(27)19-15-3-1-2-4-16(15)21-22-19/h1-4,14,17H,5-13H2,(H,21,22)(H,25,26)/t14-,17+/m1/s1. The topological polar surface area (TPSA) is 98.8 Å². The number of morpholine rings is 1. The highest BCUT2D eigenvalue weighted by Crippen LogP contribution is 2.28. The molecule has 2 N–H and O–H groups in total. The van der Waals surface area contributed by atoms with Gasteiger partial charge in [-0.25, -0.2) is 0 Å². The van der Waals surface area contributed by atoms with Crippen molar-refractivity contribution in [2.24, 2.45) is 5.92 Å². The molecule has 0 unspecified atom stereocenters. The minimum absolute atomic E-state index is 0.0850. The van der Waals surface area contributed by atoms with Crippen molar-refractivity contribution >= 4 is 22.8 Å². The first kappa shape index (κ1) is 18.9. The maximum Gasteiger partial charge on any atom is 0.303 e. The number of likely N-dealkylation sites (tertiary alicyclic amines) is 1. The average Bonchev–Trinajstić information content (AvgIpc) is 3.16. The number of piperidine rings is 1. The quantitative estimate of drug-likeness (QED) is 0.810. The summed E-state index contributed by atoms with van der Waals surface area (Å²) in [6, 6.07) is 7.90. The summed E-state index contributed by atoms with van der Waals surface area (Å²) in [4.78, 5) is 28.5. The van der Waals surface area contributed by atoms with Crippen molar-refractivity contribution in [2.75, 3.05) is 39.4 Å². The molecule has 150 valence electrons. The van der Waals surface area contributed by atoms with Crippen molar-refractivity contribution in [3.63, 3.8) is 0 Å². The van der Waals surface area contributed by atoms with Crippen molar-refractivity contribution < 1.29 is 19.4 Å². The first-order valence-corrected chi connectivity index (χ1v) is 9.89. The largest absolute Gasteiger partial charge is 0.481 e. The Bertz CT molecular complexity index is 846.